The molecule has 1 amide bonds. The number of benzene rings is 1. The zero-order chi connectivity index (χ0) is 17.2. The van der Waals surface area contributed by atoms with E-state index in [1.807, 2.05) is 27.7 Å². The molecule has 0 aliphatic heterocycles. The molecule has 1 aromatic carbocycles. The third kappa shape index (κ3) is 4.78. The van der Waals surface area contributed by atoms with E-state index in [1.54, 1.807) is 18.2 Å². The largest absolute Gasteiger partial charge is 0.354 e. The van der Waals surface area contributed by atoms with Gasteiger partial charge in [-0.05, 0) is 61.8 Å². The number of carbonyl (C=O) groups excluding carboxylic acids is 1. The van der Waals surface area contributed by atoms with Gasteiger partial charge in [0.05, 0.1) is 4.90 Å². The molecule has 128 valence electrons. The summed E-state index contributed by atoms with van der Waals surface area (Å²) in [4.78, 5) is 12.5. The SMILES string of the molecule is Cc1ccc(S(=O)(=O)NC(C(=O)NCC2CC2)C(C)C)cc1C. The van der Waals surface area contributed by atoms with Crippen molar-refractivity contribution in [3.05, 3.63) is 29.3 Å². The maximum absolute atomic E-state index is 12.6. The van der Waals surface area contributed by atoms with Gasteiger partial charge in [-0.1, -0.05) is 19.9 Å². The molecule has 23 heavy (non-hydrogen) atoms. The van der Waals surface area contributed by atoms with Crippen LogP contribution in [0.15, 0.2) is 23.1 Å². The molecule has 1 fully saturated rings. The summed E-state index contributed by atoms with van der Waals surface area (Å²) in [6, 6.07) is 4.23. The highest BCUT2D eigenvalue weighted by atomic mass is 32.2. The van der Waals surface area contributed by atoms with Crippen LogP contribution in [0, 0.1) is 25.7 Å². The summed E-state index contributed by atoms with van der Waals surface area (Å²) in [6.07, 6.45) is 2.28. The molecule has 0 radical (unpaired) electrons. The van der Waals surface area contributed by atoms with Crippen molar-refractivity contribution in [3.8, 4) is 0 Å². The number of amides is 1. The molecule has 1 aliphatic rings. The van der Waals surface area contributed by atoms with Crippen LogP contribution in [-0.2, 0) is 14.8 Å². The molecule has 1 saturated carbocycles. The van der Waals surface area contributed by atoms with Crippen LogP contribution < -0.4 is 10.0 Å². The Balaban J connectivity index is 2.13. The zero-order valence-corrected chi connectivity index (χ0v) is 15.0. The first kappa shape index (κ1) is 17.9. The van der Waals surface area contributed by atoms with E-state index in [2.05, 4.69) is 10.0 Å². The molecule has 5 nitrogen and oxygen atoms in total. The van der Waals surface area contributed by atoms with Crippen molar-refractivity contribution in [1.29, 1.82) is 0 Å². The maximum atomic E-state index is 12.6. The van der Waals surface area contributed by atoms with Crippen LogP contribution in [0.3, 0.4) is 0 Å². The van der Waals surface area contributed by atoms with Gasteiger partial charge in [0.25, 0.3) is 0 Å². The van der Waals surface area contributed by atoms with Crippen LogP contribution >= 0.6 is 0 Å². The van der Waals surface area contributed by atoms with Crippen molar-refractivity contribution < 1.29 is 13.2 Å². The van der Waals surface area contributed by atoms with Crippen molar-refractivity contribution >= 4 is 15.9 Å². The molecule has 2 rings (SSSR count). The minimum absolute atomic E-state index is 0.129. The number of rotatable bonds is 7. The van der Waals surface area contributed by atoms with Crippen LogP contribution in [0.5, 0.6) is 0 Å². The fraction of sp³-hybridized carbons (Fsp3) is 0.588. The lowest BCUT2D eigenvalue weighted by Gasteiger charge is -2.22. The number of hydrogen-bond acceptors (Lipinski definition) is 3. The first-order chi connectivity index (χ1) is 10.7. The van der Waals surface area contributed by atoms with E-state index in [4.69, 9.17) is 0 Å². The van der Waals surface area contributed by atoms with Gasteiger partial charge < -0.3 is 5.32 Å². The molecule has 1 aliphatic carbocycles. The van der Waals surface area contributed by atoms with Crippen molar-refractivity contribution in [1.82, 2.24) is 10.0 Å². The highest BCUT2D eigenvalue weighted by Gasteiger charge is 2.30. The summed E-state index contributed by atoms with van der Waals surface area (Å²) in [5.41, 5.74) is 1.94. The number of sulfonamides is 1. The molecule has 0 bridgehead atoms. The first-order valence-electron chi connectivity index (χ1n) is 8.08. The third-order valence-corrected chi connectivity index (χ3v) is 5.72. The Labute approximate surface area is 138 Å². The normalized spacial score (nSPS) is 16.4. The van der Waals surface area contributed by atoms with E-state index < -0.39 is 16.1 Å². The summed E-state index contributed by atoms with van der Waals surface area (Å²) in [6.45, 7) is 8.11. The maximum Gasteiger partial charge on any atom is 0.241 e. The van der Waals surface area contributed by atoms with Crippen molar-refractivity contribution in [3.63, 3.8) is 0 Å². The Morgan fingerprint density at radius 2 is 1.87 bits per heavy atom. The molecule has 2 N–H and O–H groups in total. The van der Waals surface area contributed by atoms with Gasteiger partial charge in [0.1, 0.15) is 6.04 Å². The summed E-state index contributed by atoms with van der Waals surface area (Å²) >= 11 is 0. The predicted octanol–water partition coefficient (Wildman–Crippen LogP) is 2.13. The van der Waals surface area contributed by atoms with Gasteiger partial charge in [-0.2, -0.15) is 4.72 Å². The number of carbonyl (C=O) groups is 1. The average molecular weight is 338 g/mol. The second-order valence-electron chi connectivity index (χ2n) is 6.78. The summed E-state index contributed by atoms with van der Waals surface area (Å²) in [7, 11) is -3.72. The summed E-state index contributed by atoms with van der Waals surface area (Å²) < 4.78 is 27.7. The molecule has 1 unspecified atom stereocenters. The molecule has 0 saturated heterocycles. The molecular weight excluding hydrogens is 312 g/mol. The third-order valence-electron chi connectivity index (χ3n) is 4.28. The highest BCUT2D eigenvalue weighted by Crippen LogP contribution is 2.27. The Morgan fingerprint density at radius 3 is 2.39 bits per heavy atom. The fourth-order valence-corrected chi connectivity index (χ4v) is 3.71. The van der Waals surface area contributed by atoms with E-state index in [0.717, 1.165) is 24.0 Å². The smallest absolute Gasteiger partial charge is 0.241 e. The van der Waals surface area contributed by atoms with Crippen LogP contribution in [-0.4, -0.2) is 26.9 Å². The zero-order valence-electron chi connectivity index (χ0n) is 14.2. The van der Waals surface area contributed by atoms with Crippen LogP contribution in [0.2, 0.25) is 0 Å². The number of hydrogen-bond donors (Lipinski definition) is 2. The topological polar surface area (TPSA) is 75.3 Å². The van der Waals surface area contributed by atoms with E-state index in [1.165, 1.54) is 0 Å². The molecular formula is C17H26N2O3S. The summed E-state index contributed by atoms with van der Waals surface area (Å²) in [5, 5.41) is 2.85. The Hall–Kier alpha value is -1.40. The molecule has 0 aromatic heterocycles. The van der Waals surface area contributed by atoms with E-state index in [-0.39, 0.29) is 16.7 Å². The van der Waals surface area contributed by atoms with Gasteiger partial charge in [-0.25, -0.2) is 8.42 Å². The van der Waals surface area contributed by atoms with Crippen LogP contribution in [0.1, 0.15) is 37.8 Å². The molecule has 1 aromatic rings. The second kappa shape index (κ2) is 7.01. The van der Waals surface area contributed by atoms with Gasteiger partial charge in [0.15, 0.2) is 0 Å². The molecule has 0 spiro atoms. The monoisotopic (exact) mass is 338 g/mol. The van der Waals surface area contributed by atoms with E-state index >= 15 is 0 Å². The lowest BCUT2D eigenvalue weighted by molar-refractivity contribution is -0.123. The quantitative estimate of drug-likeness (QED) is 0.800. The minimum atomic E-state index is -3.72. The van der Waals surface area contributed by atoms with Crippen molar-refractivity contribution in [2.45, 2.75) is 51.5 Å². The van der Waals surface area contributed by atoms with Gasteiger partial charge in [-0.3, -0.25) is 4.79 Å². The molecule has 6 heteroatoms. The lowest BCUT2D eigenvalue weighted by Crippen LogP contribution is -2.49. The van der Waals surface area contributed by atoms with Crippen molar-refractivity contribution in [2.75, 3.05) is 6.54 Å². The average Bonchev–Trinajstić information content (AvgIpc) is 3.29. The van der Waals surface area contributed by atoms with Gasteiger partial charge in [-0.15, -0.1) is 0 Å². The van der Waals surface area contributed by atoms with E-state index in [9.17, 15) is 13.2 Å². The van der Waals surface area contributed by atoms with Gasteiger partial charge >= 0.3 is 0 Å². The van der Waals surface area contributed by atoms with Gasteiger partial charge in [0, 0.05) is 6.54 Å². The standard InChI is InChI=1S/C17H26N2O3S/c1-11(2)16(17(20)18-10-14-6-7-14)19-23(21,22)15-8-5-12(3)13(4)9-15/h5,8-9,11,14,16,19H,6-7,10H2,1-4H3,(H,18,20). The van der Waals surface area contributed by atoms with Crippen LogP contribution in [0.4, 0.5) is 0 Å². The molecule has 0 heterocycles. The van der Waals surface area contributed by atoms with Crippen LogP contribution in [0.25, 0.3) is 0 Å². The Kier molecular flexibility index (Phi) is 5.47. The summed E-state index contributed by atoms with van der Waals surface area (Å²) in [5.74, 6) is 0.179. The predicted molar refractivity (Wildman–Crippen MR) is 90.6 cm³/mol. The second-order valence-corrected chi connectivity index (χ2v) is 8.49. The van der Waals surface area contributed by atoms with Crippen molar-refractivity contribution in [2.24, 2.45) is 11.8 Å². The Bertz CT molecular complexity index is 679. The number of aryl methyl sites for hydroxylation is 2. The minimum Gasteiger partial charge on any atom is -0.354 e. The van der Waals surface area contributed by atoms with E-state index in [0.29, 0.717) is 12.5 Å². The fourth-order valence-electron chi connectivity index (χ4n) is 2.29. The molecule has 1 atom stereocenters. The Morgan fingerprint density at radius 1 is 1.22 bits per heavy atom. The van der Waals surface area contributed by atoms with Gasteiger partial charge in [0.2, 0.25) is 15.9 Å². The first-order valence-corrected chi connectivity index (χ1v) is 9.56. The highest BCUT2D eigenvalue weighted by molar-refractivity contribution is 7.89. The lowest BCUT2D eigenvalue weighted by atomic mass is 10.1. The number of nitrogens with one attached hydrogen (secondary N) is 2.